The molecule has 240 valence electrons. The summed E-state index contributed by atoms with van der Waals surface area (Å²) in [5, 5.41) is 3.08. The molecule has 2 amide bonds. The molecule has 12 heteroatoms. The zero-order chi connectivity index (χ0) is 32.0. The lowest BCUT2D eigenvalue weighted by atomic mass is 9.95. The molecule has 5 rings (SSSR count). The molecule has 1 atom stereocenters. The van der Waals surface area contributed by atoms with Crippen LogP contribution >= 0.6 is 0 Å². The lowest BCUT2D eigenvalue weighted by molar-refractivity contribution is -0.139. The quantitative estimate of drug-likeness (QED) is 0.325. The molecule has 0 unspecified atom stereocenters. The predicted octanol–water partition coefficient (Wildman–Crippen LogP) is 4.67. The number of carbonyl (C=O) groups excluding carboxylic acids is 2. The van der Waals surface area contributed by atoms with Gasteiger partial charge in [0.05, 0.1) is 17.7 Å². The van der Waals surface area contributed by atoms with E-state index in [1.807, 2.05) is 0 Å². The number of amides is 2. The van der Waals surface area contributed by atoms with Gasteiger partial charge in [0.1, 0.15) is 37.4 Å². The largest absolute Gasteiger partial charge is 0.497 e. The highest BCUT2D eigenvalue weighted by atomic mass is 32.2. The van der Waals surface area contributed by atoms with Crippen LogP contribution in [0.2, 0.25) is 0 Å². The van der Waals surface area contributed by atoms with Crippen LogP contribution in [-0.4, -0.2) is 64.1 Å². The van der Waals surface area contributed by atoms with Crippen LogP contribution in [0.3, 0.4) is 0 Å². The molecule has 45 heavy (non-hydrogen) atoms. The summed E-state index contributed by atoms with van der Waals surface area (Å²) in [6.45, 7) is 1.64. The fourth-order valence-corrected chi connectivity index (χ4v) is 6.96. The minimum atomic E-state index is -4.37. The minimum Gasteiger partial charge on any atom is -0.497 e. The van der Waals surface area contributed by atoms with Crippen LogP contribution in [0.1, 0.15) is 44.6 Å². The van der Waals surface area contributed by atoms with Crippen molar-refractivity contribution < 1.29 is 36.6 Å². The van der Waals surface area contributed by atoms with Gasteiger partial charge in [-0.15, -0.1) is 0 Å². The Morgan fingerprint density at radius 2 is 1.62 bits per heavy atom. The number of methoxy groups -OCH3 is 1. The van der Waals surface area contributed by atoms with Crippen molar-refractivity contribution in [2.75, 3.05) is 31.2 Å². The van der Waals surface area contributed by atoms with Crippen molar-refractivity contribution in [3.63, 3.8) is 0 Å². The third-order valence-electron chi connectivity index (χ3n) is 8.13. The van der Waals surface area contributed by atoms with Gasteiger partial charge in [0, 0.05) is 18.7 Å². The van der Waals surface area contributed by atoms with Gasteiger partial charge in [0.2, 0.25) is 11.8 Å². The Morgan fingerprint density at radius 1 is 0.956 bits per heavy atom. The first-order valence-electron chi connectivity index (χ1n) is 15.1. The van der Waals surface area contributed by atoms with E-state index in [0.717, 1.165) is 54.1 Å². The number of rotatable bonds is 11. The van der Waals surface area contributed by atoms with Crippen LogP contribution in [0.25, 0.3) is 0 Å². The molecule has 10 nitrogen and oxygen atoms in total. The standard InChI is InChI=1S/C33H38FN3O7S/c1-23(33(39)35-26-6-4-3-5-7-26)36(21-24-8-14-28(42-2)15-9-24)32(38)22-37(27-12-10-25(34)11-13-27)45(40,41)29-16-17-30-31(20-29)44-19-18-43-30/h8-17,20,23,26H,3-7,18-19,21-22H2,1-2H3,(H,35,39)/t23-/m0/s1. The summed E-state index contributed by atoms with van der Waals surface area (Å²) in [5.74, 6) is -0.173. The van der Waals surface area contributed by atoms with Crippen LogP contribution in [0.5, 0.6) is 17.2 Å². The maximum Gasteiger partial charge on any atom is 0.264 e. The summed E-state index contributed by atoms with van der Waals surface area (Å²) in [4.78, 5) is 28.9. The van der Waals surface area contributed by atoms with E-state index < -0.39 is 34.3 Å². The Bertz CT molecular complexity index is 1590. The molecule has 2 aliphatic rings. The van der Waals surface area contributed by atoms with Crippen LogP contribution in [0.15, 0.2) is 71.6 Å². The Kier molecular flexibility index (Phi) is 10.1. The molecule has 1 aliphatic heterocycles. The topological polar surface area (TPSA) is 114 Å². The molecule has 1 N–H and O–H groups in total. The molecule has 0 bridgehead atoms. The number of benzene rings is 3. The Balaban J connectivity index is 1.47. The van der Waals surface area contributed by atoms with Gasteiger partial charge in [-0.3, -0.25) is 13.9 Å². The fraction of sp³-hybridized carbons (Fsp3) is 0.394. The van der Waals surface area contributed by atoms with Crippen LogP contribution in [0.4, 0.5) is 10.1 Å². The van der Waals surface area contributed by atoms with Crippen LogP contribution < -0.4 is 23.8 Å². The first-order valence-corrected chi connectivity index (χ1v) is 16.5. The van der Waals surface area contributed by atoms with E-state index in [0.29, 0.717) is 18.1 Å². The molecule has 0 spiro atoms. The Labute approximate surface area is 263 Å². The number of sulfonamides is 1. The highest BCUT2D eigenvalue weighted by Crippen LogP contribution is 2.34. The molecule has 3 aromatic carbocycles. The van der Waals surface area contributed by atoms with Crippen molar-refractivity contribution in [2.45, 2.75) is 62.6 Å². The molecule has 3 aromatic rings. The number of nitrogens with one attached hydrogen (secondary N) is 1. The molecule has 0 aromatic heterocycles. The first kappa shape index (κ1) is 32.1. The van der Waals surface area contributed by atoms with Gasteiger partial charge < -0.3 is 24.4 Å². The summed E-state index contributed by atoms with van der Waals surface area (Å²) in [7, 11) is -2.82. The SMILES string of the molecule is COc1ccc(CN(C(=O)CN(c2ccc(F)cc2)S(=O)(=O)c2ccc3c(c2)OCCO3)[C@@H](C)C(=O)NC2CCCCC2)cc1. The highest BCUT2D eigenvalue weighted by Gasteiger charge is 2.34. The maximum absolute atomic E-state index is 14.2. The Morgan fingerprint density at radius 3 is 2.29 bits per heavy atom. The fourth-order valence-electron chi connectivity index (χ4n) is 5.53. The monoisotopic (exact) mass is 639 g/mol. The van der Waals surface area contributed by atoms with E-state index in [1.165, 1.54) is 35.2 Å². The van der Waals surface area contributed by atoms with Gasteiger partial charge in [0.25, 0.3) is 10.0 Å². The number of fused-ring (bicyclic) bond motifs is 1. The molecule has 1 heterocycles. The van der Waals surface area contributed by atoms with E-state index in [1.54, 1.807) is 38.3 Å². The van der Waals surface area contributed by atoms with Crippen LogP contribution in [-0.2, 0) is 26.2 Å². The minimum absolute atomic E-state index is 0.0259. The van der Waals surface area contributed by atoms with Gasteiger partial charge in [-0.2, -0.15) is 0 Å². The van der Waals surface area contributed by atoms with Crippen molar-refractivity contribution in [3.8, 4) is 17.2 Å². The van der Waals surface area contributed by atoms with Gasteiger partial charge in [-0.05, 0) is 73.9 Å². The lowest BCUT2D eigenvalue weighted by Crippen LogP contribution is -2.53. The number of carbonyl (C=O) groups is 2. The average Bonchev–Trinajstić information content (AvgIpc) is 3.06. The number of hydrogen-bond donors (Lipinski definition) is 1. The Hall–Kier alpha value is -4.32. The molecule has 1 saturated carbocycles. The van der Waals surface area contributed by atoms with E-state index in [2.05, 4.69) is 5.32 Å². The maximum atomic E-state index is 14.2. The van der Waals surface area contributed by atoms with Gasteiger partial charge >= 0.3 is 0 Å². The number of anilines is 1. The molecular formula is C33H38FN3O7S. The predicted molar refractivity (Wildman–Crippen MR) is 166 cm³/mol. The summed E-state index contributed by atoms with van der Waals surface area (Å²) in [6.07, 6.45) is 4.92. The average molecular weight is 640 g/mol. The second-order valence-corrected chi connectivity index (χ2v) is 13.0. The molecule has 0 saturated heterocycles. The number of ether oxygens (including phenoxy) is 3. The number of nitrogens with zero attached hydrogens (tertiary/aromatic N) is 2. The highest BCUT2D eigenvalue weighted by molar-refractivity contribution is 7.92. The molecule has 1 aliphatic carbocycles. The first-order chi connectivity index (χ1) is 21.7. The van der Waals surface area contributed by atoms with E-state index in [9.17, 15) is 22.4 Å². The van der Waals surface area contributed by atoms with E-state index >= 15 is 0 Å². The smallest absolute Gasteiger partial charge is 0.264 e. The molecule has 1 fully saturated rings. The van der Waals surface area contributed by atoms with Gasteiger partial charge in [0.15, 0.2) is 11.5 Å². The van der Waals surface area contributed by atoms with Gasteiger partial charge in [-0.1, -0.05) is 31.4 Å². The normalized spacial score (nSPS) is 15.5. The van der Waals surface area contributed by atoms with Crippen molar-refractivity contribution in [1.29, 1.82) is 0 Å². The second-order valence-electron chi connectivity index (χ2n) is 11.2. The summed E-state index contributed by atoms with van der Waals surface area (Å²) >= 11 is 0. The van der Waals surface area contributed by atoms with Crippen molar-refractivity contribution >= 4 is 27.5 Å². The molecular weight excluding hydrogens is 601 g/mol. The zero-order valence-corrected chi connectivity index (χ0v) is 26.2. The summed E-state index contributed by atoms with van der Waals surface area (Å²) in [5.41, 5.74) is 0.813. The van der Waals surface area contributed by atoms with E-state index in [4.69, 9.17) is 14.2 Å². The van der Waals surface area contributed by atoms with Crippen molar-refractivity contribution in [2.24, 2.45) is 0 Å². The third kappa shape index (κ3) is 7.67. The third-order valence-corrected chi connectivity index (χ3v) is 9.90. The lowest BCUT2D eigenvalue weighted by Gasteiger charge is -2.33. The van der Waals surface area contributed by atoms with Crippen LogP contribution in [0, 0.1) is 5.82 Å². The number of halogens is 1. The molecule has 0 radical (unpaired) electrons. The number of hydrogen-bond acceptors (Lipinski definition) is 7. The summed E-state index contributed by atoms with van der Waals surface area (Å²) in [6, 6.07) is 15.3. The second kappa shape index (κ2) is 14.2. The van der Waals surface area contributed by atoms with Crippen molar-refractivity contribution in [1.82, 2.24) is 10.2 Å². The van der Waals surface area contributed by atoms with E-state index in [-0.39, 0.29) is 41.4 Å². The summed E-state index contributed by atoms with van der Waals surface area (Å²) < 4.78 is 59.5. The van der Waals surface area contributed by atoms with Gasteiger partial charge in [-0.25, -0.2) is 12.8 Å². The van der Waals surface area contributed by atoms with Crippen molar-refractivity contribution in [3.05, 3.63) is 78.1 Å². The zero-order valence-electron chi connectivity index (χ0n) is 25.4.